The number of fused-ring (bicyclic) bond motifs is 1. The number of nitriles is 1. The van der Waals surface area contributed by atoms with Gasteiger partial charge >= 0.3 is 0 Å². The molecule has 1 aliphatic heterocycles. The first-order valence-corrected chi connectivity index (χ1v) is 7.99. The van der Waals surface area contributed by atoms with Crippen LogP contribution in [0.5, 0.6) is 0 Å². The van der Waals surface area contributed by atoms with Crippen molar-refractivity contribution < 1.29 is 0 Å². The second-order valence-electron chi connectivity index (χ2n) is 5.82. The van der Waals surface area contributed by atoms with E-state index in [9.17, 15) is 0 Å². The van der Waals surface area contributed by atoms with Gasteiger partial charge < -0.3 is 4.90 Å². The maximum atomic E-state index is 8.83. The number of hydrogen-bond acceptors (Lipinski definition) is 4. The van der Waals surface area contributed by atoms with E-state index in [0.717, 1.165) is 31.8 Å². The summed E-state index contributed by atoms with van der Waals surface area (Å²) >= 11 is 0. The molecule has 4 heteroatoms. The van der Waals surface area contributed by atoms with Gasteiger partial charge in [0.25, 0.3) is 0 Å². The molecule has 3 rings (SSSR count). The molecule has 0 spiro atoms. The zero-order chi connectivity index (χ0) is 16.1. The monoisotopic (exact) mass is 304 g/mol. The molecule has 0 saturated heterocycles. The van der Waals surface area contributed by atoms with Crippen molar-refractivity contribution >= 4 is 11.6 Å². The largest absolute Gasteiger partial charge is 0.310 e. The van der Waals surface area contributed by atoms with Gasteiger partial charge in [-0.05, 0) is 43.4 Å². The zero-order valence-corrected chi connectivity index (χ0v) is 13.3. The van der Waals surface area contributed by atoms with Gasteiger partial charge in [-0.25, -0.2) is 9.97 Å². The quantitative estimate of drug-likeness (QED) is 0.788. The highest BCUT2D eigenvalue weighted by atomic mass is 15.3. The number of aromatic nitrogens is 2. The van der Waals surface area contributed by atoms with Gasteiger partial charge in [-0.3, -0.25) is 0 Å². The summed E-state index contributed by atoms with van der Waals surface area (Å²) in [4.78, 5) is 11.0. The van der Waals surface area contributed by atoms with E-state index in [1.807, 2.05) is 13.0 Å². The molecule has 0 aliphatic carbocycles. The lowest BCUT2D eigenvalue weighted by molar-refractivity contribution is 0.759. The highest BCUT2D eigenvalue weighted by Crippen LogP contribution is 2.36. The van der Waals surface area contributed by atoms with Gasteiger partial charge in [0.2, 0.25) is 5.95 Å². The van der Waals surface area contributed by atoms with E-state index >= 15 is 0 Å². The molecular formula is C19H20N4. The van der Waals surface area contributed by atoms with Crippen molar-refractivity contribution in [3.63, 3.8) is 0 Å². The number of rotatable bonds is 5. The normalized spacial score (nSPS) is 14.7. The van der Waals surface area contributed by atoms with Gasteiger partial charge in [0, 0.05) is 24.9 Å². The maximum Gasteiger partial charge on any atom is 0.229 e. The van der Waals surface area contributed by atoms with Crippen LogP contribution in [0.4, 0.5) is 11.6 Å². The molecule has 1 aromatic carbocycles. The van der Waals surface area contributed by atoms with Gasteiger partial charge in [0.15, 0.2) is 0 Å². The number of nitrogens with zero attached hydrogens (tertiary/aromatic N) is 4. The third kappa shape index (κ3) is 3.40. The van der Waals surface area contributed by atoms with Crippen molar-refractivity contribution in [2.24, 2.45) is 5.92 Å². The Balaban J connectivity index is 1.81. The Hall–Kier alpha value is -2.67. The molecular weight excluding hydrogens is 284 g/mol. The summed E-state index contributed by atoms with van der Waals surface area (Å²) < 4.78 is 0. The highest BCUT2D eigenvalue weighted by molar-refractivity contribution is 5.70. The molecule has 4 nitrogen and oxygen atoms in total. The van der Waals surface area contributed by atoms with Crippen LogP contribution in [-0.4, -0.2) is 16.5 Å². The fraction of sp³-hybridized carbons (Fsp3) is 0.316. The van der Waals surface area contributed by atoms with Crippen molar-refractivity contribution in [3.8, 4) is 6.07 Å². The Bertz CT molecular complexity index is 731. The lowest BCUT2D eigenvalue weighted by atomic mass is 10.0. The van der Waals surface area contributed by atoms with Gasteiger partial charge in [-0.1, -0.05) is 30.4 Å². The van der Waals surface area contributed by atoms with Crippen LogP contribution in [0.15, 0.2) is 48.8 Å². The standard InChI is InChI=1S/C19H20N4/c1-15(14-20)6-2-3-7-16-8-4-9-17-10-13-23(18(16)17)19-21-11-5-12-22-19/h2-5,8-9,11-12,15H,6-7,10,13H2,1H3/b3-2+. The molecule has 0 radical (unpaired) electrons. The topological polar surface area (TPSA) is 52.8 Å². The van der Waals surface area contributed by atoms with Crippen molar-refractivity contribution in [1.82, 2.24) is 9.97 Å². The average Bonchev–Trinajstić information content (AvgIpc) is 3.04. The molecule has 0 N–H and O–H groups in total. The predicted octanol–water partition coefficient (Wildman–Crippen LogP) is 3.82. The zero-order valence-electron chi connectivity index (χ0n) is 13.3. The van der Waals surface area contributed by atoms with E-state index in [1.165, 1.54) is 16.8 Å². The molecule has 0 fully saturated rings. The van der Waals surface area contributed by atoms with E-state index in [1.54, 1.807) is 12.4 Å². The summed E-state index contributed by atoms with van der Waals surface area (Å²) in [5, 5.41) is 8.83. The van der Waals surface area contributed by atoms with Crippen LogP contribution in [-0.2, 0) is 12.8 Å². The molecule has 0 bridgehead atoms. The molecule has 23 heavy (non-hydrogen) atoms. The van der Waals surface area contributed by atoms with Crippen molar-refractivity contribution in [2.75, 3.05) is 11.4 Å². The summed E-state index contributed by atoms with van der Waals surface area (Å²) in [7, 11) is 0. The second-order valence-corrected chi connectivity index (χ2v) is 5.82. The Morgan fingerprint density at radius 3 is 2.87 bits per heavy atom. The summed E-state index contributed by atoms with van der Waals surface area (Å²) in [6, 6.07) is 10.6. The van der Waals surface area contributed by atoms with E-state index in [4.69, 9.17) is 5.26 Å². The minimum atomic E-state index is 0.0713. The van der Waals surface area contributed by atoms with E-state index in [2.05, 4.69) is 51.3 Å². The SMILES string of the molecule is CC(C#N)C/C=C/Cc1cccc2c1N(c1ncccn1)CC2. The van der Waals surface area contributed by atoms with Crippen molar-refractivity contribution in [3.05, 3.63) is 59.9 Å². The third-order valence-corrected chi connectivity index (χ3v) is 4.09. The minimum absolute atomic E-state index is 0.0713. The fourth-order valence-electron chi connectivity index (χ4n) is 2.90. The first kappa shape index (κ1) is 15.2. The molecule has 1 aromatic heterocycles. The molecule has 2 aromatic rings. The highest BCUT2D eigenvalue weighted by Gasteiger charge is 2.24. The second kappa shape index (κ2) is 7.06. The summed E-state index contributed by atoms with van der Waals surface area (Å²) in [5.41, 5.74) is 3.89. The minimum Gasteiger partial charge on any atom is -0.310 e. The molecule has 1 atom stereocenters. The third-order valence-electron chi connectivity index (χ3n) is 4.09. The average molecular weight is 304 g/mol. The van der Waals surface area contributed by atoms with E-state index < -0.39 is 0 Å². The van der Waals surface area contributed by atoms with Gasteiger partial charge in [0.1, 0.15) is 0 Å². The van der Waals surface area contributed by atoms with Crippen LogP contribution in [0.2, 0.25) is 0 Å². The Kier molecular flexibility index (Phi) is 4.68. The molecule has 1 aliphatic rings. The number of para-hydroxylation sites is 1. The Labute approximate surface area is 137 Å². The van der Waals surface area contributed by atoms with Crippen molar-refractivity contribution in [2.45, 2.75) is 26.2 Å². The fourth-order valence-corrected chi connectivity index (χ4v) is 2.90. The Morgan fingerprint density at radius 1 is 1.26 bits per heavy atom. The number of hydrogen-bond donors (Lipinski definition) is 0. The number of benzene rings is 1. The maximum absolute atomic E-state index is 8.83. The first-order chi connectivity index (χ1) is 11.3. The molecule has 0 saturated carbocycles. The predicted molar refractivity (Wildman–Crippen MR) is 91.4 cm³/mol. The molecule has 2 heterocycles. The Morgan fingerprint density at radius 2 is 2.09 bits per heavy atom. The van der Waals surface area contributed by atoms with Gasteiger partial charge in [-0.2, -0.15) is 5.26 Å². The molecule has 1 unspecified atom stereocenters. The van der Waals surface area contributed by atoms with E-state index in [-0.39, 0.29) is 5.92 Å². The van der Waals surface area contributed by atoms with Gasteiger partial charge in [0.05, 0.1) is 11.8 Å². The van der Waals surface area contributed by atoms with E-state index in [0.29, 0.717) is 0 Å². The summed E-state index contributed by atoms with van der Waals surface area (Å²) in [5.74, 6) is 0.836. The van der Waals surface area contributed by atoms with Crippen LogP contribution in [0.1, 0.15) is 24.5 Å². The van der Waals surface area contributed by atoms with Crippen LogP contribution >= 0.6 is 0 Å². The van der Waals surface area contributed by atoms with Crippen LogP contribution < -0.4 is 4.90 Å². The molecule has 116 valence electrons. The lowest BCUT2D eigenvalue weighted by Crippen LogP contribution is -2.17. The first-order valence-electron chi connectivity index (χ1n) is 7.99. The summed E-state index contributed by atoms with van der Waals surface area (Å²) in [6.07, 6.45) is 10.5. The lowest BCUT2D eigenvalue weighted by Gasteiger charge is -2.19. The van der Waals surface area contributed by atoms with Crippen molar-refractivity contribution in [1.29, 1.82) is 5.26 Å². The van der Waals surface area contributed by atoms with Crippen LogP contribution in [0, 0.1) is 17.2 Å². The van der Waals surface area contributed by atoms with Gasteiger partial charge in [-0.15, -0.1) is 0 Å². The van der Waals surface area contributed by atoms with Crippen LogP contribution in [0.25, 0.3) is 0 Å². The number of allylic oxidation sites excluding steroid dienone is 2. The number of anilines is 2. The smallest absolute Gasteiger partial charge is 0.229 e. The molecule has 0 amide bonds. The van der Waals surface area contributed by atoms with Crippen LogP contribution in [0.3, 0.4) is 0 Å². The summed E-state index contributed by atoms with van der Waals surface area (Å²) in [6.45, 7) is 2.87.